The van der Waals surface area contributed by atoms with Gasteiger partial charge in [-0.2, -0.15) is 0 Å². The number of benzene rings is 1. The molecule has 0 fully saturated rings. The van der Waals surface area contributed by atoms with Crippen LogP contribution in [0.3, 0.4) is 0 Å². The lowest BCUT2D eigenvalue weighted by Gasteiger charge is -2.27. The molecule has 0 aliphatic heterocycles. The van der Waals surface area contributed by atoms with Crippen molar-refractivity contribution >= 4 is 0 Å². The summed E-state index contributed by atoms with van der Waals surface area (Å²) in [5.41, 5.74) is 1.43. The van der Waals surface area contributed by atoms with Gasteiger partial charge >= 0.3 is 0 Å². The Balaban J connectivity index is 2.43. The van der Waals surface area contributed by atoms with E-state index >= 15 is 0 Å². The zero-order valence-electron chi connectivity index (χ0n) is 13.0. The highest BCUT2D eigenvalue weighted by molar-refractivity contribution is 5.15. The molecule has 2 atom stereocenters. The van der Waals surface area contributed by atoms with Crippen molar-refractivity contribution in [2.75, 3.05) is 19.6 Å². The number of hydrogen-bond acceptors (Lipinski definition) is 2. The van der Waals surface area contributed by atoms with Crippen molar-refractivity contribution in [2.24, 2.45) is 0 Å². The third-order valence-corrected chi connectivity index (χ3v) is 3.76. The Kier molecular flexibility index (Phi) is 7.76. The standard InChI is InChI=1S/C17H30N2/c1-5-17(13-16-11-9-8-10-12-16)18-15(4)14-19(6-2)7-3/h8-12,15,17-18H,5-7,13-14H2,1-4H3. The van der Waals surface area contributed by atoms with E-state index in [0.29, 0.717) is 12.1 Å². The summed E-state index contributed by atoms with van der Waals surface area (Å²) < 4.78 is 0. The highest BCUT2D eigenvalue weighted by atomic mass is 15.1. The zero-order chi connectivity index (χ0) is 14.1. The highest BCUT2D eigenvalue weighted by Crippen LogP contribution is 2.06. The van der Waals surface area contributed by atoms with Crippen molar-refractivity contribution < 1.29 is 0 Å². The molecule has 1 N–H and O–H groups in total. The van der Waals surface area contributed by atoms with Crippen LogP contribution in [-0.4, -0.2) is 36.6 Å². The summed E-state index contributed by atoms with van der Waals surface area (Å²) in [5.74, 6) is 0. The summed E-state index contributed by atoms with van der Waals surface area (Å²) in [6.45, 7) is 12.4. The minimum absolute atomic E-state index is 0.550. The van der Waals surface area contributed by atoms with Crippen molar-refractivity contribution in [1.82, 2.24) is 10.2 Å². The predicted molar refractivity (Wildman–Crippen MR) is 84.6 cm³/mol. The third kappa shape index (κ3) is 6.22. The second kappa shape index (κ2) is 9.11. The molecule has 0 radical (unpaired) electrons. The number of rotatable bonds is 9. The molecule has 0 saturated heterocycles. The molecule has 108 valence electrons. The SMILES string of the molecule is CCC(Cc1ccccc1)NC(C)CN(CC)CC. The van der Waals surface area contributed by atoms with Gasteiger partial charge in [-0.3, -0.25) is 0 Å². The van der Waals surface area contributed by atoms with E-state index in [1.807, 2.05) is 0 Å². The van der Waals surface area contributed by atoms with Crippen LogP contribution < -0.4 is 5.32 Å². The summed E-state index contributed by atoms with van der Waals surface area (Å²) in [6.07, 6.45) is 2.30. The van der Waals surface area contributed by atoms with Crippen LogP contribution in [0.4, 0.5) is 0 Å². The van der Waals surface area contributed by atoms with Gasteiger partial charge in [0.2, 0.25) is 0 Å². The number of nitrogens with zero attached hydrogens (tertiary/aromatic N) is 1. The van der Waals surface area contributed by atoms with Crippen LogP contribution in [0.5, 0.6) is 0 Å². The Morgan fingerprint density at radius 3 is 2.21 bits per heavy atom. The average molecular weight is 262 g/mol. The fourth-order valence-electron chi connectivity index (χ4n) is 2.54. The van der Waals surface area contributed by atoms with E-state index in [-0.39, 0.29) is 0 Å². The van der Waals surface area contributed by atoms with E-state index in [4.69, 9.17) is 0 Å². The van der Waals surface area contributed by atoms with Gasteiger partial charge in [0.05, 0.1) is 0 Å². The van der Waals surface area contributed by atoms with Gasteiger partial charge in [-0.25, -0.2) is 0 Å². The summed E-state index contributed by atoms with van der Waals surface area (Å²) in [6, 6.07) is 11.9. The Morgan fingerprint density at radius 2 is 1.68 bits per heavy atom. The van der Waals surface area contributed by atoms with Gasteiger partial charge in [0.1, 0.15) is 0 Å². The maximum Gasteiger partial charge on any atom is 0.0169 e. The van der Waals surface area contributed by atoms with Crippen molar-refractivity contribution in [1.29, 1.82) is 0 Å². The van der Waals surface area contributed by atoms with E-state index in [9.17, 15) is 0 Å². The molecule has 0 aliphatic carbocycles. The van der Waals surface area contributed by atoms with Crippen LogP contribution >= 0.6 is 0 Å². The van der Waals surface area contributed by atoms with Crippen LogP contribution in [0.25, 0.3) is 0 Å². The third-order valence-electron chi connectivity index (χ3n) is 3.76. The van der Waals surface area contributed by atoms with Crippen molar-refractivity contribution in [3.63, 3.8) is 0 Å². The topological polar surface area (TPSA) is 15.3 Å². The highest BCUT2D eigenvalue weighted by Gasteiger charge is 2.12. The van der Waals surface area contributed by atoms with E-state index < -0.39 is 0 Å². The maximum atomic E-state index is 3.77. The first-order valence-electron chi connectivity index (χ1n) is 7.71. The smallest absolute Gasteiger partial charge is 0.0169 e. The molecule has 0 amide bonds. The van der Waals surface area contributed by atoms with Crippen LogP contribution in [0.1, 0.15) is 39.7 Å². The molecule has 1 rings (SSSR count). The van der Waals surface area contributed by atoms with Crippen LogP contribution in [0.2, 0.25) is 0 Å². The van der Waals surface area contributed by atoms with Crippen molar-refractivity contribution in [2.45, 2.75) is 52.6 Å². The molecule has 0 aliphatic rings. The second-order valence-corrected chi connectivity index (χ2v) is 5.35. The first-order valence-corrected chi connectivity index (χ1v) is 7.71. The predicted octanol–water partition coefficient (Wildman–Crippen LogP) is 3.33. The second-order valence-electron chi connectivity index (χ2n) is 5.35. The minimum Gasteiger partial charge on any atom is -0.310 e. The summed E-state index contributed by atoms with van der Waals surface area (Å²) in [7, 11) is 0. The van der Waals surface area contributed by atoms with Crippen molar-refractivity contribution in [3.8, 4) is 0 Å². The molecular weight excluding hydrogens is 232 g/mol. The molecule has 2 heteroatoms. The fraction of sp³-hybridized carbons (Fsp3) is 0.647. The summed E-state index contributed by atoms with van der Waals surface area (Å²) in [4.78, 5) is 2.48. The number of nitrogens with one attached hydrogen (secondary N) is 1. The largest absolute Gasteiger partial charge is 0.310 e. The molecule has 19 heavy (non-hydrogen) atoms. The lowest BCUT2D eigenvalue weighted by atomic mass is 10.0. The number of hydrogen-bond donors (Lipinski definition) is 1. The van der Waals surface area contributed by atoms with Gasteiger partial charge in [0.25, 0.3) is 0 Å². The molecular formula is C17H30N2. The maximum absolute atomic E-state index is 3.77. The quantitative estimate of drug-likeness (QED) is 0.734. The van der Waals surface area contributed by atoms with E-state index in [2.05, 4.69) is 68.2 Å². The Morgan fingerprint density at radius 1 is 1.05 bits per heavy atom. The lowest BCUT2D eigenvalue weighted by Crippen LogP contribution is -2.44. The Bertz CT molecular complexity index is 319. The molecule has 0 saturated carbocycles. The Hall–Kier alpha value is -0.860. The first kappa shape index (κ1) is 16.2. The van der Waals surface area contributed by atoms with Gasteiger partial charge in [-0.05, 0) is 38.4 Å². The molecule has 2 nitrogen and oxygen atoms in total. The fourth-order valence-corrected chi connectivity index (χ4v) is 2.54. The summed E-state index contributed by atoms with van der Waals surface area (Å²) in [5, 5.41) is 3.77. The van der Waals surface area contributed by atoms with Gasteiger partial charge in [-0.15, -0.1) is 0 Å². The molecule has 0 bridgehead atoms. The van der Waals surface area contributed by atoms with Gasteiger partial charge < -0.3 is 10.2 Å². The first-order chi connectivity index (χ1) is 9.19. The zero-order valence-corrected chi connectivity index (χ0v) is 13.0. The van der Waals surface area contributed by atoms with Gasteiger partial charge in [0, 0.05) is 18.6 Å². The molecule has 1 aromatic carbocycles. The average Bonchev–Trinajstić information content (AvgIpc) is 2.45. The lowest BCUT2D eigenvalue weighted by molar-refractivity contribution is 0.259. The number of likely N-dealkylation sites (N-methyl/N-ethyl adjacent to an activating group) is 1. The van der Waals surface area contributed by atoms with Crippen LogP contribution in [-0.2, 0) is 6.42 Å². The summed E-state index contributed by atoms with van der Waals surface area (Å²) >= 11 is 0. The molecule has 0 heterocycles. The van der Waals surface area contributed by atoms with Crippen LogP contribution in [0, 0.1) is 0 Å². The molecule has 0 spiro atoms. The minimum atomic E-state index is 0.550. The van der Waals surface area contributed by atoms with E-state index in [1.54, 1.807) is 0 Å². The van der Waals surface area contributed by atoms with Crippen molar-refractivity contribution in [3.05, 3.63) is 35.9 Å². The van der Waals surface area contributed by atoms with Gasteiger partial charge in [0.15, 0.2) is 0 Å². The normalized spacial score (nSPS) is 14.6. The monoisotopic (exact) mass is 262 g/mol. The molecule has 1 aromatic rings. The van der Waals surface area contributed by atoms with E-state index in [0.717, 1.165) is 26.1 Å². The van der Waals surface area contributed by atoms with Crippen LogP contribution in [0.15, 0.2) is 30.3 Å². The molecule has 0 aromatic heterocycles. The Labute approximate surface area is 119 Å². The van der Waals surface area contributed by atoms with Gasteiger partial charge in [-0.1, -0.05) is 51.1 Å². The van der Waals surface area contributed by atoms with E-state index in [1.165, 1.54) is 12.0 Å². The molecule has 2 unspecified atom stereocenters.